The number of fused-ring (bicyclic) bond motifs is 2. The first-order valence-electron chi connectivity index (χ1n) is 18.9. The molecule has 50 heavy (non-hydrogen) atoms. The lowest BCUT2D eigenvalue weighted by Crippen LogP contribution is -2.01. The molecule has 0 bridgehead atoms. The molecule has 0 aliphatic carbocycles. The minimum Gasteiger partial charge on any atom is -0.139 e. The van der Waals surface area contributed by atoms with Gasteiger partial charge in [-0.3, -0.25) is 0 Å². The molecule has 0 aliphatic heterocycles. The van der Waals surface area contributed by atoms with Gasteiger partial charge in [-0.2, -0.15) is 0 Å². The highest BCUT2D eigenvalue weighted by Gasteiger charge is 2.14. The van der Waals surface area contributed by atoms with E-state index in [0.717, 1.165) is 11.8 Å². The maximum absolute atomic E-state index is 2.38. The van der Waals surface area contributed by atoms with E-state index in [0.29, 0.717) is 0 Å². The average molecular weight is 731 g/mol. The highest BCUT2D eigenvalue weighted by Crippen LogP contribution is 2.41. The van der Waals surface area contributed by atoms with E-state index >= 15 is 0 Å². The average Bonchev–Trinajstić information content (AvgIpc) is 3.98. The molecule has 4 aromatic heterocycles. The maximum Gasteiger partial charge on any atom is 0.0449 e. The van der Waals surface area contributed by atoms with E-state index < -0.39 is 0 Å². The van der Waals surface area contributed by atoms with Gasteiger partial charge in [0.25, 0.3) is 0 Å². The molecular formula is C46H50S4. The zero-order valence-electron chi connectivity index (χ0n) is 30.1. The molecule has 0 saturated carbocycles. The fourth-order valence-electron chi connectivity index (χ4n) is 7.25. The van der Waals surface area contributed by atoms with Crippen LogP contribution in [0.2, 0.25) is 0 Å². The third-order valence-corrected chi connectivity index (χ3v) is 15.3. The van der Waals surface area contributed by atoms with Gasteiger partial charge in [0.05, 0.1) is 0 Å². The lowest BCUT2D eigenvalue weighted by atomic mass is 9.95. The Morgan fingerprint density at radius 1 is 0.400 bits per heavy atom. The molecule has 0 fully saturated rings. The van der Waals surface area contributed by atoms with Crippen molar-refractivity contribution >= 4 is 66.9 Å². The molecule has 0 spiro atoms. The summed E-state index contributed by atoms with van der Waals surface area (Å²) in [6.07, 6.45) is 13.0. The smallest absolute Gasteiger partial charge is 0.0449 e. The largest absolute Gasteiger partial charge is 0.139 e. The molecule has 7 rings (SSSR count). The van der Waals surface area contributed by atoms with E-state index in [9.17, 15) is 0 Å². The summed E-state index contributed by atoms with van der Waals surface area (Å²) in [4.78, 5) is 11.3. The minimum absolute atomic E-state index is 0.813. The number of thiophene rings is 4. The molecule has 3 aromatic carbocycles. The summed E-state index contributed by atoms with van der Waals surface area (Å²) in [7, 11) is 0. The Balaban J connectivity index is 1.06. The van der Waals surface area contributed by atoms with Crippen molar-refractivity contribution in [2.24, 2.45) is 11.8 Å². The van der Waals surface area contributed by atoms with Crippen molar-refractivity contribution in [1.82, 2.24) is 0 Å². The van der Waals surface area contributed by atoms with Gasteiger partial charge < -0.3 is 0 Å². The molecule has 0 N–H and O–H groups in total. The Bertz CT molecular complexity index is 2000. The second-order valence-corrected chi connectivity index (χ2v) is 18.6. The first-order chi connectivity index (χ1) is 24.5. The van der Waals surface area contributed by atoms with E-state index in [1.165, 1.54) is 136 Å². The van der Waals surface area contributed by atoms with Crippen molar-refractivity contribution < 1.29 is 0 Å². The van der Waals surface area contributed by atoms with Gasteiger partial charge >= 0.3 is 0 Å². The van der Waals surface area contributed by atoms with Crippen LogP contribution >= 0.6 is 45.3 Å². The van der Waals surface area contributed by atoms with Gasteiger partial charge in [0.1, 0.15) is 0 Å². The normalized spacial score (nSPS) is 13.0. The van der Waals surface area contributed by atoms with E-state index in [2.05, 4.69) is 125 Å². The third-order valence-electron chi connectivity index (χ3n) is 10.5. The highest BCUT2D eigenvalue weighted by molar-refractivity contribution is 7.24. The van der Waals surface area contributed by atoms with E-state index in [1.54, 1.807) is 0 Å². The van der Waals surface area contributed by atoms with E-state index in [1.807, 2.05) is 45.3 Å². The lowest BCUT2D eigenvalue weighted by Gasteiger charge is -2.12. The maximum atomic E-state index is 2.38. The molecular weight excluding hydrogens is 681 g/mol. The van der Waals surface area contributed by atoms with Gasteiger partial charge in [-0.1, -0.05) is 103 Å². The number of unbranched alkanes of at least 4 members (excludes halogenated alkanes) is 2. The zero-order valence-corrected chi connectivity index (χ0v) is 33.4. The molecule has 0 nitrogen and oxygen atoms in total. The Morgan fingerprint density at radius 2 is 0.800 bits per heavy atom. The van der Waals surface area contributed by atoms with Crippen LogP contribution in [0.1, 0.15) is 88.8 Å². The molecule has 0 radical (unpaired) electrons. The fourth-order valence-corrected chi connectivity index (χ4v) is 11.7. The predicted octanol–water partition coefficient (Wildman–Crippen LogP) is 16.4. The van der Waals surface area contributed by atoms with Crippen molar-refractivity contribution in [1.29, 1.82) is 0 Å². The topological polar surface area (TPSA) is 0 Å². The fraction of sp³-hybridized carbons (Fsp3) is 0.348. The van der Waals surface area contributed by atoms with Gasteiger partial charge in [-0.05, 0) is 130 Å². The minimum atomic E-state index is 0.813. The highest BCUT2D eigenvalue weighted by atomic mass is 32.1. The molecule has 2 unspecified atom stereocenters. The van der Waals surface area contributed by atoms with Crippen molar-refractivity contribution in [2.75, 3.05) is 0 Å². The quantitative estimate of drug-likeness (QED) is 0.0869. The third kappa shape index (κ3) is 8.20. The van der Waals surface area contributed by atoms with Gasteiger partial charge in [0.2, 0.25) is 0 Å². The van der Waals surface area contributed by atoms with E-state index in [-0.39, 0.29) is 0 Å². The molecule has 4 heterocycles. The Hall–Kier alpha value is -3.02. The molecule has 0 amide bonds. The number of rotatable bonds is 16. The Labute approximate surface area is 315 Å². The molecule has 0 saturated heterocycles. The standard InChI is InChI=1S/C46H50S4/c1-5-9-11-31(7-3)25-39-17-19-43(47-39)45-23-21-41(49-45)35-15-13-33-28-38-30-36(16-14-34(38)27-37(33)29-35)42-22-24-46(50-42)44-20-18-40(48-44)26-32(8-4)12-10-6-2/h13-24,27-32H,5-12,25-26H2,1-4H3. The van der Waals surface area contributed by atoms with Gasteiger partial charge in [0.15, 0.2) is 0 Å². The van der Waals surface area contributed by atoms with E-state index in [4.69, 9.17) is 0 Å². The lowest BCUT2D eigenvalue weighted by molar-refractivity contribution is 0.452. The summed E-state index contributed by atoms with van der Waals surface area (Å²) in [6.45, 7) is 9.30. The van der Waals surface area contributed by atoms with Crippen LogP contribution in [0.25, 0.3) is 61.9 Å². The number of hydrogen-bond acceptors (Lipinski definition) is 4. The zero-order chi connectivity index (χ0) is 34.5. The summed E-state index contributed by atoms with van der Waals surface area (Å²) in [5.74, 6) is 1.63. The summed E-state index contributed by atoms with van der Waals surface area (Å²) in [5.41, 5.74) is 2.61. The van der Waals surface area contributed by atoms with Crippen LogP contribution in [0, 0.1) is 11.8 Å². The van der Waals surface area contributed by atoms with Crippen molar-refractivity contribution in [2.45, 2.75) is 91.9 Å². The monoisotopic (exact) mass is 730 g/mol. The summed E-state index contributed by atoms with van der Waals surface area (Å²) in [5, 5.41) is 5.21. The molecule has 4 heteroatoms. The molecule has 258 valence electrons. The van der Waals surface area contributed by atoms with Gasteiger partial charge in [-0.25, -0.2) is 0 Å². The van der Waals surface area contributed by atoms with Crippen LogP contribution < -0.4 is 0 Å². The van der Waals surface area contributed by atoms with Gasteiger partial charge in [-0.15, -0.1) is 45.3 Å². The summed E-state index contributed by atoms with van der Waals surface area (Å²) < 4.78 is 0. The SMILES string of the molecule is CCCCC(CC)Cc1ccc(-c2ccc(-c3ccc4cc5cc(-c6ccc(-c7ccc(CC(CC)CCCC)s7)s6)ccc5cc4c3)s2)s1. The Morgan fingerprint density at radius 3 is 1.22 bits per heavy atom. The second kappa shape index (κ2) is 16.5. The Kier molecular flexibility index (Phi) is 11.7. The summed E-state index contributed by atoms with van der Waals surface area (Å²) >= 11 is 7.83. The van der Waals surface area contributed by atoms with Crippen molar-refractivity contribution in [3.63, 3.8) is 0 Å². The molecule has 7 aromatic rings. The first kappa shape index (κ1) is 35.4. The molecule has 2 atom stereocenters. The van der Waals surface area contributed by atoms with Crippen LogP contribution in [0.3, 0.4) is 0 Å². The second-order valence-electron chi connectivity index (χ2n) is 14.1. The van der Waals surface area contributed by atoms with Crippen LogP contribution in [-0.4, -0.2) is 0 Å². The van der Waals surface area contributed by atoms with Gasteiger partial charge in [0, 0.05) is 39.0 Å². The number of benzene rings is 3. The number of hydrogen-bond donors (Lipinski definition) is 0. The van der Waals surface area contributed by atoms with Crippen LogP contribution in [-0.2, 0) is 12.8 Å². The van der Waals surface area contributed by atoms with Crippen molar-refractivity contribution in [3.8, 4) is 40.4 Å². The van der Waals surface area contributed by atoms with Crippen LogP contribution in [0.4, 0.5) is 0 Å². The van der Waals surface area contributed by atoms with Crippen molar-refractivity contribution in [3.05, 3.63) is 107 Å². The predicted molar refractivity (Wildman–Crippen MR) is 229 cm³/mol. The van der Waals surface area contributed by atoms with Crippen LogP contribution in [0.5, 0.6) is 0 Å². The summed E-state index contributed by atoms with van der Waals surface area (Å²) in [6, 6.07) is 37.4. The van der Waals surface area contributed by atoms with Crippen LogP contribution in [0.15, 0.2) is 97.1 Å². The molecule has 0 aliphatic rings. The first-order valence-corrected chi connectivity index (χ1v) is 22.2.